The first kappa shape index (κ1) is 14.1. The van der Waals surface area contributed by atoms with E-state index in [9.17, 15) is 9.90 Å². The third-order valence-corrected chi connectivity index (χ3v) is 3.55. The number of aliphatic hydroxyl groups excluding tert-OH is 1. The average molecular weight is 285 g/mol. The van der Waals surface area contributed by atoms with Gasteiger partial charge in [-0.3, -0.25) is 4.79 Å². The highest BCUT2D eigenvalue weighted by molar-refractivity contribution is 6.31. The van der Waals surface area contributed by atoms with Crippen molar-refractivity contribution in [3.05, 3.63) is 28.8 Å². The van der Waals surface area contributed by atoms with Gasteiger partial charge in [-0.15, -0.1) is 0 Å². The number of morpholine rings is 1. The molecule has 1 saturated heterocycles. The maximum atomic E-state index is 11.4. The van der Waals surface area contributed by atoms with Crippen LogP contribution in [0.5, 0.6) is 0 Å². The van der Waals surface area contributed by atoms with E-state index < -0.39 is 18.1 Å². The summed E-state index contributed by atoms with van der Waals surface area (Å²) in [6.45, 7) is 3.06. The van der Waals surface area contributed by atoms with Crippen LogP contribution in [0, 0.1) is 0 Å². The maximum absolute atomic E-state index is 11.4. The largest absolute Gasteiger partial charge is 0.389 e. The van der Waals surface area contributed by atoms with Crippen LogP contribution in [0.4, 0.5) is 5.69 Å². The van der Waals surface area contributed by atoms with Gasteiger partial charge in [-0.2, -0.15) is 0 Å². The molecule has 2 unspecified atom stereocenters. The van der Waals surface area contributed by atoms with Crippen LogP contribution in [0.1, 0.15) is 18.6 Å². The first-order valence-electron chi connectivity index (χ1n) is 6.12. The lowest BCUT2D eigenvalue weighted by molar-refractivity contribution is -0.121. The number of halogens is 1. The van der Waals surface area contributed by atoms with Gasteiger partial charge in [0.15, 0.2) is 0 Å². The molecule has 2 rings (SSSR count). The minimum Gasteiger partial charge on any atom is -0.389 e. The van der Waals surface area contributed by atoms with E-state index in [1.807, 2.05) is 11.0 Å². The van der Waals surface area contributed by atoms with E-state index in [0.717, 1.165) is 5.69 Å². The van der Waals surface area contributed by atoms with Gasteiger partial charge in [0.2, 0.25) is 5.91 Å². The average Bonchev–Trinajstić information content (AvgIpc) is 2.38. The summed E-state index contributed by atoms with van der Waals surface area (Å²) in [5.74, 6) is -0.421. The molecule has 0 saturated carbocycles. The Morgan fingerprint density at radius 3 is 2.95 bits per heavy atom. The van der Waals surface area contributed by atoms with Crippen molar-refractivity contribution in [2.24, 2.45) is 5.73 Å². The molecule has 2 atom stereocenters. The van der Waals surface area contributed by atoms with Crippen LogP contribution in [0.3, 0.4) is 0 Å². The van der Waals surface area contributed by atoms with Gasteiger partial charge in [0.25, 0.3) is 0 Å². The second-order valence-electron chi connectivity index (χ2n) is 4.57. The summed E-state index contributed by atoms with van der Waals surface area (Å²) in [5.41, 5.74) is 6.85. The predicted octanol–water partition coefficient (Wildman–Crippen LogP) is 1.08. The maximum Gasteiger partial charge on any atom is 0.242 e. The van der Waals surface area contributed by atoms with E-state index in [1.54, 1.807) is 19.1 Å². The lowest BCUT2D eigenvalue weighted by Gasteiger charge is -2.35. The molecule has 0 radical (unpaired) electrons. The SMILES string of the molecule is CC(O)c1ccc(N2CCOCC2C(N)=O)cc1Cl. The summed E-state index contributed by atoms with van der Waals surface area (Å²) >= 11 is 6.14. The molecular weight excluding hydrogens is 268 g/mol. The topological polar surface area (TPSA) is 75.8 Å². The number of carbonyl (C=O) groups excluding carboxylic acids is 1. The molecule has 6 heteroatoms. The zero-order valence-electron chi connectivity index (χ0n) is 10.7. The first-order valence-corrected chi connectivity index (χ1v) is 6.49. The molecule has 1 heterocycles. The van der Waals surface area contributed by atoms with E-state index in [2.05, 4.69) is 0 Å². The number of ether oxygens (including phenoxy) is 1. The normalized spacial score (nSPS) is 21.2. The number of anilines is 1. The summed E-state index contributed by atoms with van der Waals surface area (Å²) < 4.78 is 5.27. The van der Waals surface area contributed by atoms with Crippen LogP contribution in [-0.2, 0) is 9.53 Å². The van der Waals surface area contributed by atoms with Crippen molar-refractivity contribution in [1.29, 1.82) is 0 Å². The van der Waals surface area contributed by atoms with Crippen molar-refractivity contribution in [1.82, 2.24) is 0 Å². The van der Waals surface area contributed by atoms with Crippen LogP contribution in [0.2, 0.25) is 5.02 Å². The highest BCUT2D eigenvalue weighted by Gasteiger charge is 2.28. The summed E-state index contributed by atoms with van der Waals surface area (Å²) in [4.78, 5) is 13.3. The Morgan fingerprint density at radius 1 is 1.63 bits per heavy atom. The number of primary amides is 1. The Hall–Kier alpha value is -1.30. The van der Waals surface area contributed by atoms with Crippen molar-refractivity contribution in [3.63, 3.8) is 0 Å². The lowest BCUT2D eigenvalue weighted by atomic mass is 10.1. The van der Waals surface area contributed by atoms with Crippen molar-refractivity contribution < 1.29 is 14.6 Å². The van der Waals surface area contributed by atoms with Gasteiger partial charge in [0.1, 0.15) is 6.04 Å². The number of carbonyl (C=O) groups is 1. The summed E-state index contributed by atoms with van der Waals surface area (Å²) in [7, 11) is 0. The van der Waals surface area contributed by atoms with E-state index in [4.69, 9.17) is 22.1 Å². The third-order valence-electron chi connectivity index (χ3n) is 3.22. The van der Waals surface area contributed by atoms with Crippen LogP contribution in [0.25, 0.3) is 0 Å². The summed E-state index contributed by atoms with van der Waals surface area (Å²) in [6, 6.07) is 4.85. The Balaban J connectivity index is 2.29. The quantitative estimate of drug-likeness (QED) is 0.871. The molecule has 1 aromatic carbocycles. The molecule has 0 aromatic heterocycles. The van der Waals surface area contributed by atoms with Gasteiger partial charge in [-0.25, -0.2) is 0 Å². The van der Waals surface area contributed by atoms with Gasteiger partial charge < -0.3 is 20.5 Å². The Morgan fingerprint density at radius 2 is 2.37 bits per heavy atom. The second kappa shape index (κ2) is 5.77. The highest BCUT2D eigenvalue weighted by Crippen LogP contribution is 2.29. The third kappa shape index (κ3) is 3.00. The zero-order chi connectivity index (χ0) is 14.0. The van der Waals surface area contributed by atoms with E-state index in [-0.39, 0.29) is 6.61 Å². The standard InChI is InChI=1S/C13H17ClN2O3/c1-8(17)10-3-2-9(6-11(10)14)16-4-5-19-7-12(16)13(15)18/h2-3,6,8,12,17H,4-5,7H2,1H3,(H2,15,18). The summed E-state index contributed by atoms with van der Waals surface area (Å²) in [6.07, 6.45) is -0.627. The molecule has 1 amide bonds. The number of nitrogens with two attached hydrogens (primary N) is 1. The molecule has 104 valence electrons. The molecular formula is C13H17ClN2O3. The molecule has 0 spiro atoms. The minimum absolute atomic E-state index is 0.283. The van der Waals surface area contributed by atoms with Gasteiger partial charge in [-0.05, 0) is 24.6 Å². The fourth-order valence-electron chi connectivity index (χ4n) is 2.18. The second-order valence-corrected chi connectivity index (χ2v) is 4.98. The number of hydrogen-bond acceptors (Lipinski definition) is 4. The van der Waals surface area contributed by atoms with Crippen molar-refractivity contribution >= 4 is 23.2 Å². The number of amides is 1. The van der Waals surface area contributed by atoms with Crippen molar-refractivity contribution in [2.45, 2.75) is 19.1 Å². The minimum atomic E-state index is -0.627. The molecule has 1 aliphatic heterocycles. The molecule has 3 N–H and O–H groups in total. The van der Waals surface area contributed by atoms with E-state index in [1.165, 1.54) is 0 Å². The van der Waals surface area contributed by atoms with Gasteiger partial charge in [0.05, 0.1) is 19.3 Å². The van der Waals surface area contributed by atoms with Gasteiger partial charge in [-0.1, -0.05) is 17.7 Å². The van der Waals surface area contributed by atoms with E-state index >= 15 is 0 Å². The van der Waals surface area contributed by atoms with Crippen molar-refractivity contribution in [2.75, 3.05) is 24.7 Å². The molecule has 0 bridgehead atoms. The number of rotatable bonds is 3. The highest BCUT2D eigenvalue weighted by atomic mass is 35.5. The van der Waals surface area contributed by atoms with Crippen LogP contribution in [0.15, 0.2) is 18.2 Å². The van der Waals surface area contributed by atoms with Crippen LogP contribution >= 0.6 is 11.6 Å². The number of nitrogens with zero attached hydrogens (tertiary/aromatic N) is 1. The zero-order valence-corrected chi connectivity index (χ0v) is 11.4. The number of aliphatic hydroxyl groups is 1. The Bertz CT molecular complexity index is 479. The molecule has 1 aliphatic rings. The van der Waals surface area contributed by atoms with Gasteiger partial charge in [0, 0.05) is 17.3 Å². The molecule has 1 fully saturated rings. The van der Waals surface area contributed by atoms with Crippen molar-refractivity contribution in [3.8, 4) is 0 Å². The number of hydrogen-bond donors (Lipinski definition) is 2. The first-order chi connectivity index (χ1) is 9.00. The van der Waals surface area contributed by atoms with E-state index in [0.29, 0.717) is 23.7 Å². The molecule has 19 heavy (non-hydrogen) atoms. The Labute approximate surface area is 116 Å². The van der Waals surface area contributed by atoms with Crippen LogP contribution in [-0.4, -0.2) is 36.8 Å². The molecule has 1 aromatic rings. The van der Waals surface area contributed by atoms with Gasteiger partial charge >= 0.3 is 0 Å². The monoisotopic (exact) mass is 284 g/mol. The lowest BCUT2D eigenvalue weighted by Crippen LogP contribution is -2.52. The molecule has 0 aliphatic carbocycles. The predicted molar refractivity (Wildman–Crippen MR) is 73.2 cm³/mol. The summed E-state index contributed by atoms with van der Waals surface area (Å²) in [5, 5.41) is 10.0. The fraction of sp³-hybridized carbons (Fsp3) is 0.462. The smallest absolute Gasteiger partial charge is 0.242 e. The number of benzene rings is 1. The van der Waals surface area contributed by atoms with Crippen LogP contribution < -0.4 is 10.6 Å². The molecule has 5 nitrogen and oxygen atoms in total. The fourth-order valence-corrected chi connectivity index (χ4v) is 2.51. The Kier molecular flexibility index (Phi) is 4.29.